The number of anilines is 1. The Kier molecular flexibility index (Phi) is 5.17. The van der Waals surface area contributed by atoms with Crippen molar-refractivity contribution in [3.05, 3.63) is 28.2 Å². The van der Waals surface area contributed by atoms with Crippen molar-refractivity contribution >= 4 is 11.7 Å². The van der Waals surface area contributed by atoms with E-state index in [1.807, 2.05) is 0 Å². The molecule has 0 radical (unpaired) electrons. The number of urea groups is 1. The first-order chi connectivity index (χ1) is 9.65. The second kappa shape index (κ2) is 7.09. The summed E-state index contributed by atoms with van der Waals surface area (Å²) in [6.45, 7) is 3.11. The largest absolute Gasteiger partial charge is 0.378 e. The summed E-state index contributed by atoms with van der Waals surface area (Å²) >= 11 is 0. The second-order valence-electron chi connectivity index (χ2n) is 5.06. The Morgan fingerprint density at radius 1 is 1.50 bits per heavy atom. The monoisotopic (exact) mass is 279 g/mol. The maximum absolute atomic E-state index is 11.7. The molecule has 0 unspecified atom stereocenters. The van der Waals surface area contributed by atoms with Crippen molar-refractivity contribution in [3.63, 3.8) is 0 Å². The molecule has 2 rings (SSSR count). The normalized spacial score (nSPS) is 18.6. The van der Waals surface area contributed by atoms with Gasteiger partial charge in [0.2, 0.25) is 0 Å². The van der Waals surface area contributed by atoms with E-state index in [0.717, 1.165) is 25.9 Å². The Hall–Kier alpha value is -1.82. The predicted octanol–water partition coefficient (Wildman–Crippen LogP) is 1.76. The van der Waals surface area contributed by atoms with Crippen LogP contribution in [-0.4, -0.2) is 30.3 Å². The van der Waals surface area contributed by atoms with Crippen LogP contribution in [0.4, 0.5) is 10.5 Å². The number of nitrogens with one attached hydrogen (secondary N) is 3. The SMILES string of the molecule is Cc1cc(NC(=O)NCC[C@@H]2CCCCO2)c[nH]c1=O. The molecule has 0 aromatic carbocycles. The first-order valence-corrected chi connectivity index (χ1v) is 7.01. The molecule has 3 N–H and O–H groups in total. The standard InChI is InChI=1S/C14H21N3O3/c1-10-8-11(9-16-13(10)18)17-14(19)15-6-5-12-4-2-3-7-20-12/h8-9,12H,2-7H2,1H3,(H,16,18)(H2,15,17,19)/t12-/m0/s1. The van der Waals surface area contributed by atoms with Crippen LogP contribution in [-0.2, 0) is 4.74 Å². The van der Waals surface area contributed by atoms with E-state index in [1.165, 1.54) is 12.6 Å². The quantitative estimate of drug-likeness (QED) is 0.785. The van der Waals surface area contributed by atoms with Gasteiger partial charge in [-0.3, -0.25) is 4.79 Å². The average Bonchev–Trinajstić information content (AvgIpc) is 2.44. The number of aryl methyl sites for hydroxylation is 1. The average molecular weight is 279 g/mol. The maximum atomic E-state index is 11.7. The van der Waals surface area contributed by atoms with E-state index in [1.54, 1.807) is 13.0 Å². The molecular formula is C14H21N3O3. The molecule has 1 aromatic heterocycles. The minimum Gasteiger partial charge on any atom is -0.378 e. The molecule has 6 heteroatoms. The van der Waals surface area contributed by atoms with E-state index < -0.39 is 0 Å². The summed E-state index contributed by atoms with van der Waals surface area (Å²) in [5.74, 6) is 0. The highest BCUT2D eigenvalue weighted by Crippen LogP contribution is 2.14. The second-order valence-corrected chi connectivity index (χ2v) is 5.06. The van der Waals surface area contributed by atoms with Crippen molar-refractivity contribution in [1.82, 2.24) is 10.3 Å². The number of ether oxygens (including phenoxy) is 1. The number of aromatic amines is 1. The number of hydrogen-bond donors (Lipinski definition) is 3. The van der Waals surface area contributed by atoms with Crippen LogP contribution in [0.3, 0.4) is 0 Å². The van der Waals surface area contributed by atoms with Crippen molar-refractivity contribution in [2.45, 2.75) is 38.7 Å². The molecular weight excluding hydrogens is 258 g/mol. The molecule has 1 atom stereocenters. The summed E-state index contributed by atoms with van der Waals surface area (Å²) in [6.07, 6.45) is 5.99. The molecule has 0 spiro atoms. The van der Waals surface area contributed by atoms with Gasteiger partial charge in [-0.1, -0.05) is 0 Å². The molecule has 20 heavy (non-hydrogen) atoms. The van der Waals surface area contributed by atoms with Crippen molar-refractivity contribution in [2.24, 2.45) is 0 Å². The van der Waals surface area contributed by atoms with Crippen LogP contribution in [0.15, 0.2) is 17.1 Å². The maximum Gasteiger partial charge on any atom is 0.319 e. The summed E-state index contributed by atoms with van der Waals surface area (Å²) in [6, 6.07) is 1.37. The smallest absolute Gasteiger partial charge is 0.319 e. The van der Waals surface area contributed by atoms with Crippen LogP contribution in [0.5, 0.6) is 0 Å². The topological polar surface area (TPSA) is 83.2 Å². The Labute approximate surface area is 117 Å². The number of carbonyl (C=O) groups is 1. The molecule has 1 aromatic rings. The molecule has 0 saturated carbocycles. The predicted molar refractivity (Wildman–Crippen MR) is 77.0 cm³/mol. The zero-order valence-electron chi connectivity index (χ0n) is 11.7. The lowest BCUT2D eigenvalue weighted by molar-refractivity contribution is 0.0120. The lowest BCUT2D eigenvalue weighted by atomic mass is 10.1. The molecule has 110 valence electrons. The van der Waals surface area contributed by atoms with Gasteiger partial charge in [0.05, 0.1) is 11.8 Å². The van der Waals surface area contributed by atoms with Gasteiger partial charge in [0.15, 0.2) is 0 Å². The zero-order chi connectivity index (χ0) is 14.4. The molecule has 0 bridgehead atoms. The summed E-state index contributed by atoms with van der Waals surface area (Å²) in [7, 11) is 0. The van der Waals surface area contributed by atoms with Crippen LogP contribution in [0.25, 0.3) is 0 Å². The number of pyridine rings is 1. The highest BCUT2D eigenvalue weighted by atomic mass is 16.5. The highest BCUT2D eigenvalue weighted by Gasteiger charge is 2.13. The first-order valence-electron chi connectivity index (χ1n) is 7.01. The first kappa shape index (κ1) is 14.6. The molecule has 2 amide bonds. The van der Waals surface area contributed by atoms with E-state index in [9.17, 15) is 9.59 Å². The Morgan fingerprint density at radius 3 is 3.05 bits per heavy atom. The van der Waals surface area contributed by atoms with Gasteiger partial charge in [-0.05, 0) is 38.7 Å². The van der Waals surface area contributed by atoms with Gasteiger partial charge in [-0.25, -0.2) is 4.79 Å². The fourth-order valence-electron chi connectivity index (χ4n) is 2.23. The van der Waals surface area contributed by atoms with Gasteiger partial charge < -0.3 is 20.4 Å². The number of amides is 2. The molecule has 1 aliphatic heterocycles. The zero-order valence-corrected chi connectivity index (χ0v) is 11.7. The lowest BCUT2D eigenvalue weighted by Gasteiger charge is -2.22. The third-order valence-corrected chi connectivity index (χ3v) is 3.37. The summed E-state index contributed by atoms with van der Waals surface area (Å²) in [5.41, 5.74) is 0.998. The number of H-pyrrole nitrogens is 1. The van der Waals surface area contributed by atoms with Gasteiger partial charge in [0.1, 0.15) is 0 Å². The van der Waals surface area contributed by atoms with Crippen LogP contribution >= 0.6 is 0 Å². The number of hydrogen-bond acceptors (Lipinski definition) is 3. The van der Waals surface area contributed by atoms with Crippen molar-refractivity contribution < 1.29 is 9.53 Å². The van der Waals surface area contributed by atoms with Gasteiger partial charge in [0.25, 0.3) is 5.56 Å². The fourth-order valence-corrected chi connectivity index (χ4v) is 2.23. The van der Waals surface area contributed by atoms with Gasteiger partial charge in [0, 0.05) is 24.9 Å². The molecule has 1 aliphatic rings. The Balaban J connectivity index is 1.71. The van der Waals surface area contributed by atoms with E-state index in [-0.39, 0.29) is 17.7 Å². The minimum atomic E-state index is -0.271. The number of rotatable bonds is 4. The summed E-state index contributed by atoms with van der Waals surface area (Å²) in [4.78, 5) is 25.5. The van der Waals surface area contributed by atoms with E-state index >= 15 is 0 Å². The van der Waals surface area contributed by atoms with E-state index in [0.29, 0.717) is 17.8 Å². The van der Waals surface area contributed by atoms with Crippen LogP contribution in [0.2, 0.25) is 0 Å². The van der Waals surface area contributed by atoms with Gasteiger partial charge in [-0.2, -0.15) is 0 Å². The highest BCUT2D eigenvalue weighted by molar-refractivity contribution is 5.89. The molecule has 1 fully saturated rings. The molecule has 0 aliphatic carbocycles. The Morgan fingerprint density at radius 2 is 2.35 bits per heavy atom. The van der Waals surface area contributed by atoms with Gasteiger partial charge >= 0.3 is 6.03 Å². The third kappa shape index (κ3) is 4.38. The summed E-state index contributed by atoms with van der Waals surface area (Å²) in [5, 5.41) is 5.48. The minimum absolute atomic E-state index is 0.148. The van der Waals surface area contributed by atoms with Crippen molar-refractivity contribution in [2.75, 3.05) is 18.5 Å². The third-order valence-electron chi connectivity index (χ3n) is 3.37. The van der Waals surface area contributed by atoms with Crippen LogP contribution < -0.4 is 16.2 Å². The van der Waals surface area contributed by atoms with Gasteiger partial charge in [-0.15, -0.1) is 0 Å². The Bertz CT molecular complexity index is 507. The van der Waals surface area contributed by atoms with Crippen molar-refractivity contribution in [1.29, 1.82) is 0 Å². The number of aromatic nitrogens is 1. The van der Waals surface area contributed by atoms with E-state index in [2.05, 4.69) is 15.6 Å². The van der Waals surface area contributed by atoms with Crippen molar-refractivity contribution in [3.8, 4) is 0 Å². The molecule has 1 saturated heterocycles. The fraction of sp³-hybridized carbons (Fsp3) is 0.571. The van der Waals surface area contributed by atoms with E-state index in [4.69, 9.17) is 4.74 Å². The van der Waals surface area contributed by atoms with Crippen LogP contribution in [0.1, 0.15) is 31.2 Å². The molecule has 6 nitrogen and oxygen atoms in total. The van der Waals surface area contributed by atoms with Crippen LogP contribution in [0, 0.1) is 6.92 Å². The molecule has 2 heterocycles. The lowest BCUT2D eigenvalue weighted by Crippen LogP contribution is -2.32. The number of carbonyl (C=O) groups excluding carboxylic acids is 1. The summed E-state index contributed by atoms with van der Waals surface area (Å²) < 4.78 is 5.60.